The number of amides is 1. The molecular weight excluding hydrogens is 368 g/mol. The van der Waals surface area contributed by atoms with Crippen LogP contribution >= 0.6 is 27.5 Å². The van der Waals surface area contributed by atoms with Crippen molar-refractivity contribution in [3.05, 3.63) is 33.9 Å². The Morgan fingerprint density at radius 3 is 2.82 bits per heavy atom. The molecule has 1 N–H and O–H groups in total. The van der Waals surface area contributed by atoms with Gasteiger partial charge in [0, 0.05) is 16.1 Å². The number of halogens is 2. The molecule has 2 aliphatic heterocycles. The zero-order valence-electron chi connectivity index (χ0n) is 12.0. The first-order valence-corrected chi connectivity index (χ1v) is 8.27. The maximum absolute atomic E-state index is 12.5. The summed E-state index contributed by atoms with van der Waals surface area (Å²) in [7, 11) is 0. The van der Waals surface area contributed by atoms with Crippen molar-refractivity contribution in [2.24, 2.45) is 5.41 Å². The van der Waals surface area contributed by atoms with Crippen molar-refractivity contribution in [2.45, 2.75) is 25.4 Å². The van der Waals surface area contributed by atoms with E-state index in [1.165, 1.54) is 0 Å². The summed E-state index contributed by atoms with van der Waals surface area (Å²) < 4.78 is 6.50. The molecule has 1 saturated carbocycles. The van der Waals surface area contributed by atoms with Crippen LogP contribution in [0.25, 0.3) is 10.8 Å². The first-order valence-electron chi connectivity index (χ1n) is 7.10. The molecule has 2 saturated heterocycles. The van der Waals surface area contributed by atoms with Crippen molar-refractivity contribution in [1.82, 2.24) is 4.98 Å². The highest BCUT2D eigenvalue weighted by molar-refractivity contribution is 9.10. The van der Waals surface area contributed by atoms with Crippen LogP contribution < -0.4 is 5.32 Å². The zero-order valence-corrected chi connectivity index (χ0v) is 14.3. The standard InChI is InChI=1S/C16H14BrClN2O2/c1-15-6-16(7-15,8-22-15)14(21)20-13-4-9-2-11(17)12(18)3-10(9)5-19-13/h2-5H,6-8H2,1H3,(H,19,20,21). The first-order chi connectivity index (χ1) is 10.4. The van der Waals surface area contributed by atoms with E-state index in [0.29, 0.717) is 17.4 Å². The van der Waals surface area contributed by atoms with Gasteiger partial charge in [0.25, 0.3) is 0 Å². The van der Waals surface area contributed by atoms with Gasteiger partial charge in [0.1, 0.15) is 5.82 Å². The normalized spacial score (nSPS) is 29.4. The van der Waals surface area contributed by atoms with Crippen LogP contribution in [-0.4, -0.2) is 23.1 Å². The van der Waals surface area contributed by atoms with Gasteiger partial charge in [-0.15, -0.1) is 0 Å². The molecule has 4 nitrogen and oxygen atoms in total. The summed E-state index contributed by atoms with van der Waals surface area (Å²) in [4.78, 5) is 16.8. The molecule has 2 bridgehead atoms. The number of rotatable bonds is 2. The molecule has 1 aromatic carbocycles. The van der Waals surface area contributed by atoms with E-state index in [1.807, 2.05) is 18.2 Å². The summed E-state index contributed by atoms with van der Waals surface area (Å²) in [6.45, 7) is 2.56. The van der Waals surface area contributed by atoms with Crippen LogP contribution in [0.4, 0.5) is 5.82 Å². The van der Waals surface area contributed by atoms with Gasteiger partial charge in [-0.1, -0.05) is 11.6 Å². The Hall–Kier alpha value is -1.17. The molecule has 3 aliphatic rings. The lowest BCUT2D eigenvalue weighted by Crippen LogP contribution is -2.49. The number of ether oxygens (including phenoxy) is 1. The van der Waals surface area contributed by atoms with E-state index in [4.69, 9.17) is 16.3 Å². The maximum atomic E-state index is 12.5. The molecule has 0 radical (unpaired) electrons. The lowest BCUT2D eigenvalue weighted by Gasteiger charge is -2.40. The van der Waals surface area contributed by atoms with Gasteiger partial charge in [0.15, 0.2) is 0 Å². The molecule has 0 spiro atoms. The van der Waals surface area contributed by atoms with Gasteiger partial charge in [-0.05, 0) is 59.3 Å². The fourth-order valence-corrected chi connectivity index (χ4v) is 4.11. The first kappa shape index (κ1) is 14.4. The fourth-order valence-electron chi connectivity index (χ4n) is 3.58. The summed E-state index contributed by atoms with van der Waals surface area (Å²) in [6.07, 6.45) is 3.30. The van der Waals surface area contributed by atoms with Crippen molar-refractivity contribution in [3.8, 4) is 0 Å². The van der Waals surface area contributed by atoms with Crippen molar-refractivity contribution < 1.29 is 9.53 Å². The molecule has 114 valence electrons. The summed E-state index contributed by atoms with van der Waals surface area (Å²) in [5.74, 6) is 0.559. The summed E-state index contributed by atoms with van der Waals surface area (Å²) in [5, 5.41) is 5.48. The van der Waals surface area contributed by atoms with Gasteiger partial charge >= 0.3 is 0 Å². The van der Waals surface area contributed by atoms with Gasteiger partial charge in [0.05, 0.1) is 22.6 Å². The second kappa shape index (κ2) is 4.66. The number of aromatic nitrogens is 1. The highest BCUT2D eigenvalue weighted by Gasteiger charge is 2.63. The van der Waals surface area contributed by atoms with E-state index in [-0.39, 0.29) is 16.9 Å². The smallest absolute Gasteiger partial charge is 0.234 e. The quantitative estimate of drug-likeness (QED) is 0.850. The Morgan fingerprint density at radius 2 is 2.14 bits per heavy atom. The minimum Gasteiger partial charge on any atom is -0.374 e. The van der Waals surface area contributed by atoms with Crippen molar-refractivity contribution in [3.63, 3.8) is 0 Å². The molecule has 3 fully saturated rings. The number of pyridine rings is 1. The summed E-state index contributed by atoms with van der Waals surface area (Å²) >= 11 is 9.49. The van der Waals surface area contributed by atoms with Crippen LogP contribution in [0, 0.1) is 5.41 Å². The number of nitrogens with one attached hydrogen (secondary N) is 1. The highest BCUT2D eigenvalue weighted by atomic mass is 79.9. The minimum atomic E-state index is -0.369. The van der Waals surface area contributed by atoms with Gasteiger partial charge in [-0.25, -0.2) is 4.98 Å². The number of benzene rings is 1. The molecule has 1 aliphatic carbocycles. The molecule has 6 heteroatoms. The molecule has 0 atom stereocenters. The highest BCUT2D eigenvalue weighted by Crippen LogP contribution is 2.57. The van der Waals surface area contributed by atoms with E-state index < -0.39 is 0 Å². The predicted octanol–water partition coefficient (Wildman–Crippen LogP) is 4.16. The summed E-state index contributed by atoms with van der Waals surface area (Å²) in [6, 6.07) is 5.63. The van der Waals surface area contributed by atoms with Gasteiger partial charge in [-0.3, -0.25) is 4.79 Å². The predicted molar refractivity (Wildman–Crippen MR) is 89.1 cm³/mol. The van der Waals surface area contributed by atoms with E-state index in [1.54, 1.807) is 6.20 Å². The number of carbonyl (C=O) groups excluding carboxylic acids is 1. The fraction of sp³-hybridized carbons (Fsp3) is 0.375. The Labute approximate surface area is 141 Å². The van der Waals surface area contributed by atoms with E-state index in [0.717, 1.165) is 28.1 Å². The third kappa shape index (κ3) is 2.14. The maximum Gasteiger partial charge on any atom is 0.234 e. The number of hydrogen-bond acceptors (Lipinski definition) is 3. The van der Waals surface area contributed by atoms with Crippen LogP contribution in [-0.2, 0) is 9.53 Å². The molecule has 3 heterocycles. The Kier molecular flexibility index (Phi) is 3.06. The SMILES string of the molecule is CC12CC(C(=O)Nc3cc4cc(Br)c(Cl)cc4cn3)(CO1)C2. The molecule has 5 rings (SSSR count). The van der Waals surface area contributed by atoms with Crippen molar-refractivity contribution in [2.75, 3.05) is 11.9 Å². The zero-order chi connectivity index (χ0) is 15.5. The number of carbonyl (C=O) groups is 1. The van der Waals surface area contributed by atoms with Crippen LogP contribution in [0.1, 0.15) is 19.8 Å². The van der Waals surface area contributed by atoms with Crippen LogP contribution in [0.15, 0.2) is 28.9 Å². The summed E-state index contributed by atoms with van der Waals surface area (Å²) in [5.41, 5.74) is -0.471. The van der Waals surface area contributed by atoms with E-state index >= 15 is 0 Å². The van der Waals surface area contributed by atoms with E-state index in [9.17, 15) is 4.79 Å². The monoisotopic (exact) mass is 380 g/mol. The average molecular weight is 382 g/mol. The topological polar surface area (TPSA) is 51.2 Å². The molecule has 2 aromatic rings. The molecule has 0 unspecified atom stereocenters. The van der Waals surface area contributed by atoms with Crippen LogP contribution in [0.5, 0.6) is 0 Å². The van der Waals surface area contributed by atoms with Crippen LogP contribution in [0.3, 0.4) is 0 Å². The number of hydrogen-bond donors (Lipinski definition) is 1. The number of anilines is 1. The third-order valence-electron chi connectivity index (χ3n) is 4.61. The molecule has 1 aromatic heterocycles. The second-order valence-corrected chi connectivity index (χ2v) is 7.77. The Bertz CT molecular complexity index is 802. The van der Waals surface area contributed by atoms with Crippen molar-refractivity contribution in [1.29, 1.82) is 0 Å². The average Bonchev–Trinajstić information content (AvgIpc) is 2.95. The minimum absolute atomic E-state index is 0.00218. The number of nitrogens with zero attached hydrogens (tertiary/aromatic N) is 1. The van der Waals surface area contributed by atoms with Crippen molar-refractivity contribution >= 4 is 50.0 Å². The largest absolute Gasteiger partial charge is 0.374 e. The molecule has 1 amide bonds. The van der Waals surface area contributed by atoms with Gasteiger partial charge < -0.3 is 10.1 Å². The second-order valence-electron chi connectivity index (χ2n) is 6.51. The third-order valence-corrected chi connectivity index (χ3v) is 5.80. The van der Waals surface area contributed by atoms with Crippen LogP contribution in [0.2, 0.25) is 5.02 Å². The Morgan fingerprint density at radius 1 is 1.36 bits per heavy atom. The molecular formula is C16H14BrClN2O2. The lowest BCUT2D eigenvalue weighted by molar-refractivity contribution is -0.129. The lowest BCUT2D eigenvalue weighted by atomic mass is 9.63. The number of fused-ring (bicyclic) bond motifs is 2. The molecule has 22 heavy (non-hydrogen) atoms. The van der Waals surface area contributed by atoms with Gasteiger partial charge in [-0.2, -0.15) is 0 Å². The van der Waals surface area contributed by atoms with Gasteiger partial charge in [0.2, 0.25) is 5.91 Å². The Balaban J connectivity index is 1.60. The van der Waals surface area contributed by atoms with E-state index in [2.05, 4.69) is 33.2 Å².